The van der Waals surface area contributed by atoms with Crippen molar-refractivity contribution in [3.8, 4) is 0 Å². The molecular weight excluding hydrogens is 398 g/mol. The molecule has 0 fully saturated rings. The van der Waals surface area contributed by atoms with Crippen LogP contribution in [0.3, 0.4) is 0 Å². The topological polar surface area (TPSA) is 107 Å². The number of hydrogen-bond donors (Lipinski definition) is 0. The Labute approximate surface area is 179 Å². The molecule has 0 saturated carbocycles. The van der Waals surface area contributed by atoms with Gasteiger partial charge < -0.3 is 9.64 Å². The lowest BCUT2D eigenvalue weighted by atomic mass is 10.2. The molecule has 3 rings (SSSR count). The minimum absolute atomic E-state index is 0.106. The van der Waals surface area contributed by atoms with Gasteiger partial charge in [-0.15, -0.1) is 0 Å². The maximum absolute atomic E-state index is 12.8. The Hall–Kier alpha value is -3.62. The van der Waals surface area contributed by atoms with Crippen LogP contribution in [0.15, 0.2) is 47.5 Å². The summed E-state index contributed by atoms with van der Waals surface area (Å²) in [5.74, 6) is 0.306. The van der Waals surface area contributed by atoms with Crippen LogP contribution in [0.25, 0.3) is 10.9 Å². The molecule has 3 aromatic rings. The van der Waals surface area contributed by atoms with Crippen LogP contribution >= 0.6 is 0 Å². The average molecular weight is 423 g/mol. The lowest BCUT2D eigenvalue weighted by Crippen LogP contribution is -2.36. The molecule has 0 aliphatic carbocycles. The SMILES string of the molecule is CCOC(=O)CN(Cc1ncccn1)C(=O)CCCn1c(C)nc2ccccc2c1=O. The Morgan fingerprint density at radius 1 is 1.13 bits per heavy atom. The lowest BCUT2D eigenvalue weighted by molar-refractivity contribution is -0.149. The summed E-state index contributed by atoms with van der Waals surface area (Å²) in [5, 5.41) is 0.546. The fraction of sp³-hybridized carbons (Fsp3) is 0.364. The van der Waals surface area contributed by atoms with Gasteiger partial charge in [-0.3, -0.25) is 19.0 Å². The molecule has 0 bridgehead atoms. The number of ether oxygens (including phenoxy) is 1. The molecule has 1 aromatic carbocycles. The van der Waals surface area contributed by atoms with E-state index in [0.717, 1.165) is 0 Å². The van der Waals surface area contributed by atoms with E-state index in [4.69, 9.17) is 4.74 Å². The molecule has 0 unspecified atom stereocenters. The summed E-state index contributed by atoms with van der Waals surface area (Å²) in [7, 11) is 0. The van der Waals surface area contributed by atoms with Crippen molar-refractivity contribution >= 4 is 22.8 Å². The zero-order valence-corrected chi connectivity index (χ0v) is 17.7. The van der Waals surface area contributed by atoms with Crippen LogP contribution in [-0.2, 0) is 27.4 Å². The first-order valence-electron chi connectivity index (χ1n) is 10.1. The number of aromatic nitrogens is 4. The van der Waals surface area contributed by atoms with Gasteiger partial charge in [0.05, 0.1) is 24.1 Å². The van der Waals surface area contributed by atoms with E-state index in [1.165, 1.54) is 4.90 Å². The summed E-state index contributed by atoms with van der Waals surface area (Å²) in [6.45, 7) is 4.00. The number of carbonyl (C=O) groups excluding carboxylic acids is 2. The van der Waals surface area contributed by atoms with E-state index in [1.54, 1.807) is 55.1 Å². The zero-order valence-electron chi connectivity index (χ0n) is 17.7. The Bertz CT molecular complexity index is 1110. The summed E-state index contributed by atoms with van der Waals surface area (Å²) >= 11 is 0. The number of hydrogen-bond acceptors (Lipinski definition) is 7. The molecule has 0 radical (unpaired) electrons. The van der Waals surface area contributed by atoms with Crippen molar-refractivity contribution in [2.24, 2.45) is 0 Å². The van der Waals surface area contributed by atoms with Crippen molar-refractivity contribution in [3.63, 3.8) is 0 Å². The average Bonchev–Trinajstić information content (AvgIpc) is 2.76. The number of nitrogens with zero attached hydrogens (tertiary/aromatic N) is 5. The Morgan fingerprint density at radius 2 is 1.87 bits per heavy atom. The van der Waals surface area contributed by atoms with E-state index in [-0.39, 0.29) is 37.6 Å². The molecule has 2 aromatic heterocycles. The van der Waals surface area contributed by atoms with Crippen LogP contribution in [0.2, 0.25) is 0 Å². The van der Waals surface area contributed by atoms with Gasteiger partial charge in [0.1, 0.15) is 18.2 Å². The molecule has 31 heavy (non-hydrogen) atoms. The number of fused-ring (bicyclic) bond motifs is 1. The number of benzene rings is 1. The van der Waals surface area contributed by atoms with Crippen LogP contribution in [0.4, 0.5) is 0 Å². The fourth-order valence-electron chi connectivity index (χ4n) is 3.27. The quantitative estimate of drug-likeness (QED) is 0.484. The van der Waals surface area contributed by atoms with Crippen LogP contribution in [0.5, 0.6) is 0 Å². The van der Waals surface area contributed by atoms with Crippen LogP contribution < -0.4 is 5.56 Å². The lowest BCUT2D eigenvalue weighted by Gasteiger charge is -2.21. The number of esters is 1. The van der Waals surface area contributed by atoms with Crippen LogP contribution in [0, 0.1) is 6.92 Å². The number of para-hydroxylation sites is 1. The van der Waals surface area contributed by atoms with Crippen LogP contribution in [-0.4, -0.2) is 49.4 Å². The van der Waals surface area contributed by atoms with Gasteiger partial charge in [-0.05, 0) is 38.5 Å². The van der Waals surface area contributed by atoms with Crippen LogP contribution in [0.1, 0.15) is 31.4 Å². The molecule has 0 saturated heterocycles. The Balaban J connectivity index is 1.68. The van der Waals surface area contributed by atoms with Gasteiger partial charge in [-0.1, -0.05) is 12.1 Å². The highest BCUT2D eigenvalue weighted by atomic mass is 16.5. The minimum atomic E-state index is -0.488. The fourth-order valence-corrected chi connectivity index (χ4v) is 3.27. The monoisotopic (exact) mass is 423 g/mol. The number of carbonyl (C=O) groups is 2. The van der Waals surface area contributed by atoms with Gasteiger partial charge in [-0.2, -0.15) is 0 Å². The van der Waals surface area contributed by atoms with Gasteiger partial charge in [0.15, 0.2) is 0 Å². The van der Waals surface area contributed by atoms with E-state index in [1.807, 2.05) is 6.07 Å². The third-order valence-electron chi connectivity index (χ3n) is 4.75. The summed E-state index contributed by atoms with van der Waals surface area (Å²) in [4.78, 5) is 51.6. The summed E-state index contributed by atoms with van der Waals surface area (Å²) < 4.78 is 6.55. The number of amides is 1. The predicted molar refractivity (Wildman–Crippen MR) is 114 cm³/mol. The number of aryl methyl sites for hydroxylation is 1. The van der Waals surface area contributed by atoms with E-state index < -0.39 is 5.97 Å². The molecule has 2 heterocycles. The normalized spacial score (nSPS) is 10.8. The molecule has 9 heteroatoms. The smallest absolute Gasteiger partial charge is 0.325 e. The first-order chi connectivity index (χ1) is 15.0. The minimum Gasteiger partial charge on any atom is -0.465 e. The maximum atomic E-state index is 12.8. The molecule has 0 spiro atoms. The summed E-state index contributed by atoms with van der Waals surface area (Å²) in [5.41, 5.74) is 0.525. The third-order valence-corrected chi connectivity index (χ3v) is 4.75. The summed E-state index contributed by atoms with van der Waals surface area (Å²) in [6, 6.07) is 8.86. The van der Waals surface area contributed by atoms with Crippen molar-refractivity contribution in [1.29, 1.82) is 0 Å². The Kier molecular flexibility index (Phi) is 7.42. The van der Waals surface area contributed by atoms with Gasteiger partial charge in [-0.25, -0.2) is 15.0 Å². The first-order valence-corrected chi connectivity index (χ1v) is 10.1. The van der Waals surface area contributed by atoms with E-state index in [0.29, 0.717) is 35.5 Å². The van der Waals surface area contributed by atoms with Gasteiger partial charge in [0.25, 0.3) is 5.56 Å². The summed E-state index contributed by atoms with van der Waals surface area (Å²) in [6.07, 6.45) is 3.74. The Morgan fingerprint density at radius 3 is 2.61 bits per heavy atom. The molecule has 0 atom stereocenters. The second kappa shape index (κ2) is 10.4. The van der Waals surface area contributed by atoms with Gasteiger partial charge in [0, 0.05) is 25.4 Å². The molecule has 0 N–H and O–H groups in total. The first kappa shape index (κ1) is 22.1. The third kappa shape index (κ3) is 5.71. The highest BCUT2D eigenvalue weighted by Crippen LogP contribution is 2.09. The second-order valence-electron chi connectivity index (χ2n) is 6.96. The van der Waals surface area contributed by atoms with E-state index >= 15 is 0 Å². The predicted octanol–water partition coefficient (Wildman–Crippen LogP) is 1.87. The van der Waals surface area contributed by atoms with Crippen molar-refractivity contribution < 1.29 is 14.3 Å². The zero-order chi connectivity index (χ0) is 22.2. The van der Waals surface area contributed by atoms with Crippen molar-refractivity contribution in [3.05, 3.63) is 64.7 Å². The van der Waals surface area contributed by atoms with E-state index in [9.17, 15) is 14.4 Å². The molecule has 162 valence electrons. The van der Waals surface area contributed by atoms with Crippen molar-refractivity contribution in [2.45, 2.75) is 39.8 Å². The molecule has 0 aliphatic rings. The van der Waals surface area contributed by atoms with E-state index in [2.05, 4.69) is 15.0 Å². The largest absolute Gasteiger partial charge is 0.465 e. The molecule has 1 amide bonds. The van der Waals surface area contributed by atoms with Gasteiger partial charge in [0.2, 0.25) is 5.91 Å². The van der Waals surface area contributed by atoms with Gasteiger partial charge >= 0.3 is 5.97 Å². The molecular formula is C22H25N5O4. The highest BCUT2D eigenvalue weighted by Gasteiger charge is 2.19. The number of rotatable bonds is 9. The standard InChI is InChI=1S/C22H25N5O4/c1-3-31-21(29)15-26(14-19-23-11-7-12-24-19)20(28)10-6-13-27-16(2)25-18-9-5-4-8-17(18)22(27)30/h4-5,7-9,11-12H,3,6,10,13-15H2,1-2H3. The van der Waals surface area contributed by atoms with Crippen molar-refractivity contribution in [2.75, 3.05) is 13.2 Å². The molecule has 0 aliphatic heterocycles. The molecule has 9 nitrogen and oxygen atoms in total. The maximum Gasteiger partial charge on any atom is 0.325 e. The second-order valence-corrected chi connectivity index (χ2v) is 6.96. The highest BCUT2D eigenvalue weighted by molar-refractivity contribution is 5.82. The van der Waals surface area contributed by atoms with Crippen molar-refractivity contribution in [1.82, 2.24) is 24.4 Å².